The number of hydrogen-bond donors (Lipinski definition) is 0. The number of ether oxygens (including phenoxy) is 2. The predicted molar refractivity (Wildman–Crippen MR) is 136 cm³/mol. The predicted octanol–water partition coefficient (Wildman–Crippen LogP) is 2.54. The second-order valence-corrected chi connectivity index (χ2v) is 9.20. The first kappa shape index (κ1) is 27.6. The number of rotatable bonds is 9. The first-order valence-electron chi connectivity index (χ1n) is 12.5. The maximum atomic E-state index is 13.1. The van der Waals surface area contributed by atoms with E-state index in [0.717, 1.165) is 11.0 Å². The van der Waals surface area contributed by atoms with Crippen LogP contribution in [0.25, 0.3) is 0 Å². The number of piperidine rings is 1. The molecule has 2 aromatic rings. The fourth-order valence-electron chi connectivity index (χ4n) is 4.71. The largest absolute Gasteiger partial charge is 0.462 e. The van der Waals surface area contributed by atoms with Crippen LogP contribution in [0, 0.1) is 16.0 Å². The van der Waals surface area contributed by atoms with Crippen LogP contribution in [0.15, 0.2) is 48.5 Å². The summed E-state index contributed by atoms with van der Waals surface area (Å²) in [6.45, 7) is 2.18. The molecular weight excluding hydrogens is 510 g/mol. The van der Waals surface area contributed by atoms with E-state index in [9.17, 15) is 34.1 Å². The van der Waals surface area contributed by atoms with E-state index in [-0.39, 0.29) is 36.1 Å². The number of non-ortho nitro benzene ring substituents is 1. The van der Waals surface area contributed by atoms with Gasteiger partial charge in [0.2, 0.25) is 11.7 Å². The number of esters is 2. The van der Waals surface area contributed by atoms with E-state index >= 15 is 0 Å². The van der Waals surface area contributed by atoms with E-state index in [0.29, 0.717) is 37.2 Å². The number of nitrogens with zero attached hydrogens (tertiary/aromatic N) is 3. The highest BCUT2D eigenvalue weighted by Gasteiger charge is 2.44. The van der Waals surface area contributed by atoms with Crippen molar-refractivity contribution in [2.24, 2.45) is 5.92 Å². The third-order valence-electron chi connectivity index (χ3n) is 6.79. The smallest absolute Gasteiger partial charge is 0.338 e. The van der Waals surface area contributed by atoms with E-state index in [1.54, 1.807) is 6.92 Å². The summed E-state index contributed by atoms with van der Waals surface area (Å²) in [6.07, 6.45) is 0.775. The normalized spacial score (nSPS) is 18.2. The van der Waals surface area contributed by atoms with Gasteiger partial charge >= 0.3 is 11.9 Å². The first-order valence-corrected chi connectivity index (χ1v) is 12.5. The number of ketones is 1. The molecule has 204 valence electrons. The van der Waals surface area contributed by atoms with Crippen molar-refractivity contribution in [1.29, 1.82) is 0 Å². The highest BCUT2D eigenvalue weighted by Crippen LogP contribution is 2.29. The highest BCUT2D eigenvalue weighted by atomic mass is 16.6. The quantitative estimate of drug-likeness (QED) is 0.153. The van der Waals surface area contributed by atoms with Crippen LogP contribution >= 0.6 is 0 Å². The van der Waals surface area contributed by atoms with Crippen LogP contribution in [-0.4, -0.2) is 71.7 Å². The maximum Gasteiger partial charge on any atom is 0.338 e. The lowest BCUT2D eigenvalue weighted by Gasteiger charge is -2.33. The molecule has 0 unspecified atom stereocenters. The van der Waals surface area contributed by atoms with Crippen LogP contribution in [0.2, 0.25) is 0 Å². The lowest BCUT2D eigenvalue weighted by molar-refractivity contribution is -0.384. The lowest BCUT2D eigenvalue weighted by Crippen LogP contribution is -2.47. The van der Waals surface area contributed by atoms with E-state index in [4.69, 9.17) is 9.47 Å². The minimum Gasteiger partial charge on any atom is -0.462 e. The van der Waals surface area contributed by atoms with Gasteiger partial charge in [-0.25, -0.2) is 9.69 Å². The molecule has 0 aliphatic carbocycles. The summed E-state index contributed by atoms with van der Waals surface area (Å²) in [5, 5.41) is 10.9. The van der Waals surface area contributed by atoms with E-state index in [2.05, 4.69) is 0 Å². The molecule has 2 amide bonds. The second-order valence-electron chi connectivity index (χ2n) is 9.20. The molecule has 2 heterocycles. The van der Waals surface area contributed by atoms with Gasteiger partial charge in [0, 0.05) is 17.7 Å². The number of likely N-dealkylation sites (tertiary alicyclic amines) is 1. The zero-order valence-electron chi connectivity index (χ0n) is 21.2. The topological polar surface area (TPSA) is 153 Å². The Morgan fingerprint density at radius 2 is 1.69 bits per heavy atom. The van der Waals surface area contributed by atoms with Crippen LogP contribution in [-0.2, 0) is 23.9 Å². The number of amides is 2. The molecule has 1 atom stereocenters. The molecule has 0 bridgehead atoms. The molecule has 12 nitrogen and oxygen atoms in total. The Bertz CT molecular complexity index is 1300. The van der Waals surface area contributed by atoms with Crippen molar-refractivity contribution in [3.63, 3.8) is 0 Å². The number of benzene rings is 2. The maximum absolute atomic E-state index is 13.1. The van der Waals surface area contributed by atoms with Crippen LogP contribution < -0.4 is 4.90 Å². The van der Waals surface area contributed by atoms with Gasteiger partial charge in [-0.2, -0.15) is 0 Å². The Morgan fingerprint density at radius 3 is 2.33 bits per heavy atom. The fourth-order valence-corrected chi connectivity index (χ4v) is 4.71. The first-order chi connectivity index (χ1) is 18.7. The average molecular weight is 538 g/mol. The molecule has 12 heteroatoms. The van der Waals surface area contributed by atoms with Gasteiger partial charge in [-0.05, 0) is 57.1 Å². The average Bonchev–Trinajstić information content (AvgIpc) is 3.25. The van der Waals surface area contributed by atoms with E-state index in [1.807, 2.05) is 4.90 Å². The Kier molecular flexibility index (Phi) is 8.45. The van der Waals surface area contributed by atoms with Crippen LogP contribution in [0.4, 0.5) is 11.4 Å². The Hall–Kier alpha value is -4.45. The zero-order chi connectivity index (χ0) is 28.1. The van der Waals surface area contributed by atoms with Gasteiger partial charge in [-0.1, -0.05) is 12.1 Å². The molecule has 0 spiro atoms. The van der Waals surface area contributed by atoms with Crippen molar-refractivity contribution in [1.82, 2.24) is 4.90 Å². The Morgan fingerprint density at radius 1 is 1.00 bits per heavy atom. The standard InChI is InChI=1S/C27H27N3O9/c1-2-38-26(34)17-6-8-20(9-7-17)29-24(32)15-22(25(29)33)28-12-10-18(11-13-28)27(35)39-16-23(31)19-4-3-5-21(14-19)30(36)37/h3-9,14,18,22H,2,10-13,15-16H2,1H3/t22-/m0/s1. The molecule has 0 N–H and O–H groups in total. The summed E-state index contributed by atoms with van der Waals surface area (Å²) in [7, 11) is 0. The lowest BCUT2D eigenvalue weighted by atomic mass is 9.95. The van der Waals surface area contributed by atoms with Gasteiger partial charge in [-0.15, -0.1) is 0 Å². The summed E-state index contributed by atoms with van der Waals surface area (Å²) in [5.41, 5.74) is 0.535. The number of imide groups is 1. The monoisotopic (exact) mass is 537 g/mol. The summed E-state index contributed by atoms with van der Waals surface area (Å²) < 4.78 is 10.1. The Labute approximate surface area is 223 Å². The number of carbonyl (C=O) groups is 5. The van der Waals surface area contributed by atoms with Gasteiger partial charge < -0.3 is 9.47 Å². The molecule has 2 saturated heterocycles. The molecule has 2 aliphatic heterocycles. The van der Waals surface area contributed by atoms with Gasteiger partial charge in [0.1, 0.15) is 0 Å². The molecule has 4 rings (SSSR count). The van der Waals surface area contributed by atoms with Gasteiger partial charge in [0.15, 0.2) is 6.61 Å². The van der Waals surface area contributed by atoms with Crippen molar-refractivity contribution >= 4 is 40.9 Å². The molecular formula is C27H27N3O9. The van der Waals surface area contributed by atoms with Crippen LogP contribution in [0.1, 0.15) is 46.9 Å². The third-order valence-corrected chi connectivity index (χ3v) is 6.79. The molecule has 0 radical (unpaired) electrons. The van der Waals surface area contributed by atoms with Gasteiger partial charge in [0.25, 0.3) is 11.6 Å². The summed E-state index contributed by atoms with van der Waals surface area (Å²) in [5.74, 6) is -2.78. The number of Topliss-reactive ketones (excluding diaryl/α,β-unsaturated/α-hetero) is 1. The van der Waals surface area contributed by atoms with Crippen molar-refractivity contribution in [3.8, 4) is 0 Å². The molecule has 2 aliphatic rings. The molecule has 39 heavy (non-hydrogen) atoms. The van der Waals surface area contributed by atoms with E-state index < -0.39 is 41.2 Å². The Balaban J connectivity index is 1.29. The van der Waals surface area contributed by atoms with Crippen molar-refractivity contribution in [3.05, 3.63) is 69.8 Å². The highest BCUT2D eigenvalue weighted by molar-refractivity contribution is 6.22. The summed E-state index contributed by atoms with van der Waals surface area (Å²) in [4.78, 5) is 75.8. The van der Waals surface area contributed by atoms with E-state index in [1.165, 1.54) is 42.5 Å². The second kappa shape index (κ2) is 11.9. The minimum atomic E-state index is -0.658. The van der Waals surface area contributed by atoms with Crippen molar-refractivity contribution in [2.45, 2.75) is 32.2 Å². The molecule has 2 fully saturated rings. The van der Waals surface area contributed by atoms with Crippen molar-refractivity contribution in [2.75, 3.05) is 31.2 Å². The number of hydrogen-bond acceptors (Lipinski definition) is 10. The van der Waals surface area contributed by atoms with Gasteiger partial charge in [0.05, 0.1) is 41.2 Å². The number of carbonyl (C=O) groups excluding carboxylic acids is 5. The zero-order valence-corrected chi connectivity index (χ0v) is 21.2. The minimum absolute atomic E-state index is 0.00525. The number of nitro benzene ring substituents is 1. The number of nitro groups is 1. The van der Waals surface area contributed by atoms with Gasteiger partial charge in [-0.3, -0.25) is 34.2 Å². The number of anilines is 1. The van der Waals surface area contributed by atoms with Crippen LogP contribution in [0.3, 0.4) is 0 Å². The van der Waals surface area contributed by atoms with Crippen LogP contribution in [0.5, 0.6) is 0 Å². The molecule has 2 aromatic carbocycles. The third kappa shape index (κ3) is 6.17. The fraction of sp³-hybridized carbons (Fsp3) is 0.370. The SMILES string of the molecule is CCOC(=O)c1ccc(N2C(=O)C[C@H](N3CCC(C(=O)OCC(=O)c4cccc([N+](=O)[O-])c4)CC3)C2=O)cc1. The molecule has 0 aromatic heterocycles. The molecule has 0 saturated carbocycles. The summed E-state index contributed by atoms with van der Waals surface area (Å²) >= 11 is 0. The summed E-state index contributed by atoms with van der Waals surface area (Å²) in [6, 6.07) is 10.6. The van der Waals surface area contributed by atoms with Crippen molar-refractivity contribution < 1.29 is 38.4 Å².